The van der Waals surface area contributed by atoms with Crippen LogP contribution in [0.4, 0.5) is 19.0 Å². The molecule has 0 spiro atoms. The van der Waals surface area contributed by atoms with Gasteiger partial charge in [0.25, 0.3) is 0 Å². The number of nitrogens with two attached hydrogens (primary N) is 1. The lowest BCUT2D eigenvalue weighted by molar-refractivity contribution is -0.137. The average Bonchev–Trinajstić information content (AvgIpc) is 2.66. The van der Waals surface area contributed by atoms with Crippen LogP contribution in [-0.4, -0.2) is 9.78 Å². The average molecular weight is 362 g/mol. The van der Waals surface area contributed by atoms with Gasteiger partial charge >= 0.3 is 6.18 Å². The lowest BCUT2D eigenvalue weighted by Crippen LogP contribution is -2.08. The van der Waals surface area contributed by atoms with E-state index in [1.54, 1.807) is 13.1 Å². The second-order valence-electron chi connectivity index (χ2n) is 4.77. The van der Waals surface area contributed by atoms with Crippen LogP contribution in [0.3, 0.4) is 0 Å². The predicted molar refractivity (Wildman–Crippen MR) is 79.8 cm³/mol. The maximum atomic E-state index is 13.3. The molecule has 0 amide bonds. The first kappa shape index (κ1) is 15.9. The molecule has 0 aliphatic heterocycles. The van der Waals surface area contributed by atoms with Crippen LogP contribution in [0.5, 0.6) is 0 Å². The molecule has 0 bridgehead atoms. The number of anilines is 1. The smallest absolute Gasteiger partial charge is 0.384 e. The lowest BCUT2D eigenvalue weighted by atomic mass is 9.99. The van der Waals surface area contributed by atoms with E-state index in [0.717, 1.165) is 12.5 Å². The Morgan fingerprint density at radius 2 is 2.00 bits per heavy atom. The number of alkyl halides is 3. The Balaban J connectivity index is 2.70. The van der Waals surface area contributed by atoms with Gasteiger partial charge in [0.2, 0.25) is 0 Å². The van der Waals surface area contributed by atoms with Gasteiger partial charge in [-0.2, -0.15) is 18.3 Å². The highest BCUT2D eigenvalue weighted by Gasteiger charge is 2.35. The Bertz CT molecular complexity index is 662. The van der Waals surface area contributed by atoms with Gasteiger partial charge in [0.05, 0.1) is 11.3 Å². The number of benzene rings is 1. The van der Waals surface area contributed by atoms with E-state index in [1.165, 1.54) is 10.7 Å². The molecular weight excluding hydrogens is 347 g/mol. The second-order valence-corrected chi connectivity index (χ2v) is 5.69. The van der Waals surface area contributed by atoms with Gasteiger partial charge in [-0.25, -0.2) is 0 Å². The zero-order valence-corrected chi connectivity index (χ0v) is 13.2. The van der Waals surface area contributed by atoms with Crippen molar-refractivity contribution in [2.45, 2.75) is 25.9 Å². The molecule has 2 rings (SSSR count). The molecule has 0 aliphatic carbocycles. The van der Waals surface area contributed by atoms with Crippen molar-refractivity contribution >= 4 is 21.7 Å². The summed E-state index contributed by atoms with van der Waals surface area (Å²) < 4.78 is 41.6. The topological polar surface area (TPSA) is 43.8 Å². The highest BCUT2D eigenvalue weighted by Crippen LogP contribution is 2.40. The largest absolute Gasteiger partial charge is 0.417 e. The molecule has 1 aromatic heterocycles. The lowest BCUT2D eigenvalue weighted by Gasteiger charge is -2.13. The number of halogens is 4. The molecular formula is C14H15BrF3N3. The van der Waals surface area contributed by atoms with Gasteiger partial charge in [0.15, 0.2) is 0 Å². The van der Waals surface area contributed by atoms with Gasteiger partial charge in [0.1, 0.15) is 5.82 Å². The summed E-state index contributed by atoms with van der Waals surface area (Å²) in [7, 11) is 1.63. The molecule has 2 aromatic rings. The van der Waals surface area contributed by atoms with Crippen molar-refractivity contribution < 1.29 is 13.2 Å². The first-order valence-electron chi connectivity index (χ1n) is 6.44. The van der Waals surface area contributed by atoms with Gasteiger partial charge in [0, 0.05) is 22.6 Å². The van der Waals surface area contributed by atoms with E-state index in [-0.39, 0.29) is 5.56 Å². The first-order chi connectivity index (χ1) is 9.75. The van der Waals surface area contributed by atoms with Crippen LogP contribution < -0.4 is 5.73 Å². The van der Waals surface area contributed by atoms with Crippen LogP contribution in [0.1, 0.15) is 24.5 Å². The molecule has 1 aromatic carbocycles. The number of aryl methyl sites for hydroxylation is 1. The fourth-order valence-corrected chi connectivity index (χ4v) is 2.61. The Morgan fingerprint density at radius 1 is 1.33 bits per heavy atom. The molecule has 3 nitrogen and oxygen atoms in total. The van der Waals surface area contributed by atoms with Crippen molar-refractivity contribution in [3.63, 3.8) is 0 Å². The van der Waals surface area contributed by atoms with Crippen LogP contribution in [0.25, 0.3) is 11.3 Å². The minimum atomic E-state index is -4.45. The predicted octanol–water partition coefficient (Wildman–Crippen LogP) is 4.40. The van der Waals surface area contributed by atoms with Crippen molar-refractivity contribution in [1.29, 1.82) is 0 Å². The fourth-order valence-electron chi connectivity index (χ4n) is 2.25. The Labute approximate surface area is 129 Å². The van der Waals surface area contributed by atoms with Gasteiger partial charge < -0.3 is 5.73 Å². The third-order valence-electron chi connectivity index (χ3n) is 3.24. The summed E-state index contributed by atoms with van der Waals surface area (Å²) in [6.07, 6.45) is -3.09. The summed E-state index contributed by atoms with van der Waals surface area (Å²) >= 11 is 3.08. The maximum Gasteiger partial charge on any atom is 0.417 e. The molecule has 2 N–H and O–H groups in total. The summed E-state index contributed by atoms with van der Waals surface area (Å²) in [4.78, 5) is 0. The SMILES string of the molecule is CCCc1c(-c2ccc(Br)cc2C(F)(F)F)nn(C)c1N. The third-order valence-corrected chi connectivity index (χ3v) is 3.73. The molecule has 0 saturated heterocycles. The molecule has 0 unspecified atom stereocenters. The van der Waals surface area contributed by atoms with Gasteiger partial charge in [-0.1, -0.05) is 35.3 Å². The number of nitrogens with zero attached hydrogens (tertiary/aromatic N) is 2. The molecule has 21 heavy (non-hydrogen) atoms. The fraction of sp³-hybridized carbons (Fsp3) is 0.357. The standard InChI is InChI=1S/C14H15BrF3N3/c1-3-4-10-12(20-21(2)13(10)19)9-6-5-8(15)7-11(9)14(16,17)18/h5-7H,3-4,19H2,1-2H3. The van der Waals surface area contributed by atoms with Gasteiger partial charge in [-0.05, 0) is 18.6 Å². The molecule has 0 aliphatic rings. The van der Waals surface area contributed by atoms with Crippen LogP contribution in [-0.2, 0) is 19.6 Å². The minimum Gasteiger partial charge on any atom is -0.384 e. The molecule has 0 atom stereocenters. The zero-order valence-electron chi connectivity index (χ0n) is 11.6. The molecule has 7 heteroatoms. The van der Waals surface area contributed by atoms with E-state index < -0.39 is 11.7 Å². The summed E-state index contributed by atoms with van der Waals surface area (Å²) in [5, 5.41) is 4.18. The highest BCUT2D eigenvalue weighted by atomic mass is 79.9. The number of hydrogen-bond donors (Lipinski definition) is 1. The van der Waals surface area contributed by atoms with Crippen LogP contribution >= 0.6 is 15.9 Å². The van der Waals surface area contributed by atoms with Crippen molar-refractivity contribution in [2.75, 3.05) is 5.73 Å². The molecule has 0 saturated carbocycles. The van der Waals surface area contributed by atoms with E-state index in [2.05, 4.69) is 21.0 Å². The second kappa shape index (κ2) is 5.71. The molecule has 0 fully saturated rings. The summed E-state index contributed by atoms with van der Waals surface area (Å²) in [6, 6.07) is 4.06. The van der Waals surface area contributed by atoms with Gasteiger partial charge in [-0.15, -0.1) is 0 Å². The van der Waals surface area contributed by atoms with Crippen LogP contribution in [0, 0.1) is 0 Å². The van der Waals surface area contributed by atoms with Crippen LogP contribution in [0.15, 0.2) is 22.7 Å². The molecule has 0 radical (unpaired) electrons. The Morgan fingerprint density at radius 3 is 2.57 bits per heavy atom. The van der Waals surface area contributed by atoms with Crippen molar-refractivity contribution in [1.82, 2.24) is 9.78 Å². The van der Waals surface area contributed by atoms with Gasteiger partial charge in [-0.3, -0.25) is 4.68 Å². The quantitative estimate of drug-likeness (QED) is 0.880. The number of aromatic nitrogens is 2. The van der Waals surface area contributed by atoms with Crippen molar-refractivity contribution in [2.24, 2.45) is 7.05 Å². The third kappa shape index (κ3) is 3.07. The Kier molecular flexibility index (Phi) is 4.32. The van der Waals surface area contributed by atoms with Crippen LogP contribution in [0.2, 0.25) is 0 Å². The number of hydrogen-bond acceptors (Lipinski definition) is 2. The number of nitrogen functional groups attached to an aromatic ring is 1. The Hall–Kier alpha value is -1.50. The molecule has 114 valence electrons. The summed E-state index contributed by atoms with van der Waals surface area (Å²) in [6.45, 7) is 1.95. The van der Waals surface area contributed by atoms with Crippen molar-refractivity contribution in [3.05, 3.63) is 33.8 Å². The summed E-state index contributed by atoms with van der Waals surface area (Å²) in [5.74, 6) is 0.405. The van der Waals surface area contributed by atoms with E-state index in [9.17, 15) is 13.2 Å². The monoisotopic (exact) mass is 361 g/mol. The highest BCUT2D eigenvalue weighted by molar-refractivity contribution is 9.10. The minimum absolute atomic E-state index is 0.0569. The van der Waals surface area contributed by atoms with E-state index in [0.29, 0.717) is 28.0 Å². The summed E-state index contributed by atoms with van der Waals surface area (Å²) in [5.41, 5.74) is 6.23. The maximum absolute atomic E-state index is 13.3. The zero-order chi connectivity index (χ0) is 15.8. The van der Waals surface area contributed by atoms with E-state index in [4.69, 9.17) is 5.73 Å². The van der Waals surface area contributed by atoms with Crippen molar-refractivity contribution in [3.8, 4) is 11.3 Å². The molecule has 1 heterocycles. The number of rotatable bonds is 3. The van der Waals surface area contributed by atoms with E-state index in [1.807, 2.05) is 6.92 Å². The normalized spacial score (nSPS) is 11.9. The first-order valence-corrected chi connectivity index (χ1v) is 7.23. The van der Waals surface area contributed by atoms with E-state index >= 15 is 0 Å².